The van der Waals surface area contributed by atoms with E-state index in [0.29, 0.717) is 19.4 Å². The van der Waals surface area contributed by atoms with Gasteiger partial charge < -0.3 is 14.7 Å². The van der Waals surface area contributed by atoms with Gasteiger partial charge in [-0.25, -0.2) is 4.79 Å². The first-order chi connectivity index (χ1) is 7.32. The second-order valence-corrected chi connectivity index (χ2v) is 6.00. The summed E-state index contributed by atoms with van der Waals surface area (Å²) in [5, 5.41) is 9.64. The molecule has 1 aliphatic carbocycles. The van der Waals surface area contributed by atoms with E-state index in [2.05, 4.69) is 0 Å². The Labute approximate surface area is 96.6 Å². The molecule has 1 saturated heterocycles. The molecule has 1 amide bonds. The van der Waals surface area contributed by atoms with Crippen molar-refractivity contribution in [3.63, 3.8) is 0 Å². The molecule has 0 radical (unpaired) electrons. The summed E-state index contributed by atoms with van der Waals surface area (Å²) >= 11 is 0. The van der Waals surface area contributed by atoms with Gasteiger partial charge in [-0.15, -0.1) is 0 Å². The third-order valence-electron chi connectivity index (χ3n) is 3.32. The molecule has 4 heteroatoms. The Balaban J connectivity index is 2.01. The second-order valence-electron chi connectivity index (χ2n) is 6.00. The lowest BCUT2D eigenvalue weighted by molar-refractivity contribution is -0.0139. The number of hydrogen-bond donors (Lipinski definition) is 1. The molecule has 2 rings (SSSR count). The third-order valence-corrected chi connectivity index (χ3v) is 3.32. The predicted molar refractivity (Wildman–Crippen MR) is 60.1 cm³/mol. The maximum absolute atomic E-state index is 12.0. The molecule has 2 aliphatic rings. The quantitative estimate of drug-likeness (QED) is 0.687. The minimum atomic E-state index is -0.441. The highest BCUT2D eigenvalue weighted by atomic mass is 16.6. The fourth-order valence-corrected chi connectivity index (χ4v) is 2.39. The van der Waals surface area contributed by atoms with Gasteiger partial charge in [0.05, 0.1) is 6.10 Å². The molecule has 0 aromatic heterocycles. The molecule has 0 aromatic carbocycles. The van der Waals surface area contributed by atoms with Crippen molar-refractivity contribution in [2.45, 2.75) is 63.7 Å². The SMILES string of the molecule is CC(C)(C)OC(=O)N1CC[C@@H](O)CC12CC2. The Morgan fingerprint density at radius 3 is 2.56 bits per heavy atom. The Bertz CT molecular complexity index is 291. The number of hydrogen-bond acceptors (Lipinski definition) is 3. The van der Waals surface area contributed by atoms with Crippen molar-refractivity contribution in [1.29, 1.82) is 0 Å². The average Bonchev–Trinajstić information content (AvgIpc) is 2.81. The van der Waals surface area contributed by atoms with Crippen molar-refractivity contribution in [3.05, 3.63) is 0 Å². The van der Waals surface area contributed by atoms with Crippen LogP contribution in [0.1, 0.15) is 46.5 Å². The monoisotopic (exact) mass is 227 g/mol. The van der Waals surface area contributed by atoms with E-state index in [1.807, 2.05) is 25.7 Å². The first-order valence-electron chi connectivity index (χ1n) is 6.01. The zero-order chi connectivity index (χ0) is 12.0. The van der Waals surface area contributed by atoms with Crippen molar-refractivity contribution in [2.24, 2.45) is 0 Å². The van der Waals surface area contributed by atoms with Gasteiger partial charge in [0.1, 0.15) is 5.60 Å². The van der Waals surface area contributed by atoms with Crippen LogP contribution in [0.25, 0.3) is 0 Å². The summed E-state index contributed by atoms with van der Waals surface area (Å²) in [4.78, 5) is 13.8. The highest BCUT2D eigenvalue weighted by Gasteiger charge is 2.54. The summed E-state index contributed by atoms with van der Waals surface area (Å²) in [5.74, 6) is 0. The summed E-state index contributed by atoms with van der Waals surface area (Å²) < 4.78 is 5.39. The van der Waals surface area contributed by atoms with Crippen LogP contribution in [-0.2, 0) is 4.74 Å². The fourth-order valence-electron chi connectivity index (χ4n) is 2.39. The van der Waals surface area contributed by atoms with Gasteiger partial charge in [-0.1, -0.05) is 0 Å². The van der Waals surface area contributed by atoms with Crippen LogP contribution in [0.3, 0.4) is 0 Å². The van der Waals surface area contributed by atoms with Crippen LogP contribution in [0.5, 0.6) is 0 Å². The highest BCUT2D eigenvalue weighted by Crippen LogP contribution is 2.48. The van der Waals surface area contributed by atoms with E-state index >= 15 is 0 Å². The number of carbonyl (C=O) groups excluding carboxylic acids is 1. The van der Waals surface area contributed by atoms with E-state index < -0.39 is 5.60 Å². The molecule has 1 atom stereocenters. The number of carbonyl (C=O) groups is 1. The van der Waals surface area contributed by atoms with Crippen LogP contribution in [0.15, 0.2) is 0 Å². The largest absolute Gasteiger partial charge is 0.444 e. The number of rotatable bonds is 0. The van der Waals surface area contributed by atoms with Crippen molar-refractivity contribution in [1.82, 2.24) is 4.90 Å². The third kappa shape index (κ3) is 2.32. The molecule has 16 heavy (non-hydrogen) atoms. The first kappa shape index (κ1) is 11.7. The van der Waals surface area contributed by atoms with Gasteiger partial charge in [-0.2, -0.15) is 0 Å². The molecular formula is C12H21NO3. The normalized spacial score (nSPS) is 28.0. The van der Waals surface area contributed by atoms with E-state index in [4.69, 9.17) is 4.74 Å². The smallest absolute Gasteiger partial charge is 0.410 e. The van der Waals surface area contributed by atoms with Gasteiger partial charge in [0.2, 0.25) is 0 Å². The number of aliphatic hydroxyl groups is 1. The van der Waals surface area contributed by atoms with E-state index in [1.165, 1.54) is 0 Å². The van der Waals surface area contributed by atoms with Gasteiger partial charge in [-0.3, -0.25) is 0 Å². The maximum Gasteiger partial charge on any atom is 0.410 e. The molecule has 1 heterocycles. The van der Waals surface area contributed by atoms with E-state index in [9.17, 15) is 9.90 Å². The Morgan fingerprint density at radius 2 is 2.06 bits per heavy atom. The molecule has 92 valence electrons. The Hall–Kier alpha value is -0.770. The van der Waals surface area contributed by atoms with Crippen molar-refractivity contribution < 1.29 is 14.6 Å². The van der Waals surface area contributed by atoms with Gasteiger partial charge in [0.15, 0.2) is 0 Å². The molecule has 0 bridgehead atoms. The van der Waals surface area contributed by atoms with Crippen LogP contribution < -0.4 is 0 Å². The summed E-state index contributed by atoms with van der Waals surface area (Å²) in [6.45, 7) is 6.26. The van der Waals surface area contributed by atoms with E-state index in [-0.39, 0.29) is 17.7 Å². The van der Waals surface area contributed by atoms with Crippen LogP contribution in [0, 0.1) is 0 Å². The summed E-state index contributed by atoms with van der Waals surface area (Å²) in [5.41, 5.74) is -0.525. The van der Waals surface area contributed by atoms with Crippen molar-refractivity contribution in [2.75, 3.05) is 6.54 Å². The van der Waals surface area contributed by atoms with Crippen LogP contribution in [0.2, 0.25) is 0 Å². The van der Waals surface area contributed by atoms with Gasteiger partial charge in [0, 0.05) is 12.1 Å². The number of aliphatic hydroxyl groups excluding tert-OH is 1. The van der Waals surface area contributed by atoms with Crippen molar-refractivity contribution in [3.8, 4) is 0 Å². The molecular weight excluding hydrogens is 206 g/mol. The molecule has 0 unspecified atom stereocenters. The molecule has 1 aliphatic heterocycles. The Morgan fingerprint density at radius 1 is 1.44 bits per heavy atom. The van der Waals surface area contributed by atoms with Crippen molar-refractivity contribution >= 4 is 6.09 Å². The molecule has 1 saturated carbocycles. The van der Waals surface area contributed by atoms with Crippen LogP contribution in [0.4, 0.5) is 4.79 Å². The predicted octanol–water partition coefficient (Wildman–Crippen LogP) is 1.91. The Kier molecular flexibility index (Phi) is 2.65. The number of piperidine rings is 1. The van der Waals surface area contributed by atoms with Gasteiger partial charge >= 0.3 is 6.09 Å². The van der Waals surface area contributed by atoms with Crippen LogP contribution >= 0.6 is 0 Å². The van der Waals surface area contributed by atoms with E-state index in [0.717, 1.165) is 12.8 Å². The maximum atomic E-state index is 12.0. The summed E-state index contributed by atoms with van der Waals surface area (Å²) in [6.07, 6.45) is 2.91. The molecule has 4 nitrogen and oxygen atoms in total. The lowest BCUT2D eigenvalue weighted by Crippen LogP contribution is -2.50. The lowest BCUT2D eigenvalue weighted by atomic mass is 9.98. The topological polar surface area (TPSA) is 49.8 Å². The van der Waals surface area contributed by atoms with Gasteiger partial charge in [0.25, 0.3) is 0 Å². The summed E-state index contributed by atoms with van der Waals surface area (Å²) in [7, 11) is 0. The van der Waals surface area contributed by atoms with Crippen LogP contribution in [-0.4, -0.2) is 39.9 Å². The number of ether oxygens (including phenoxy) is 1. The minimum Gasteiger partial charge on any atom is -0.444 e. The lowest BCUT2D eigenvalue weighted by Gasteiger charge is -2.39. The summed E-state index contributed by atoms with van der Waals surface area (Å²) in [6, 6.07) is 0. The molecule has 1 spiro atoms. The second kappa shape index (κ2) is 3.62. The zero-order valence-corrected chi connectivity index (χ0v) is 10.3. The molecule has 0 aromatic rings. The molecule has 2 fully saturated rings. The highest BCUT2D eigenvalue weighted by molar-refractivity contribution is 5.70. The number of likely N-dealkylation sites (tertiary alicyclic amines) is 1. The minimum absolute atomic E-state index is 0.0833. The average molecular weight is 227 g/mol. The fraction of sp³-hybridized carbons (Fsp3) is 0.917. The van der Waals surface area contributed by atoms with E-state index in [1.54, 1.807) is 0 Å². The molecule has 1 N–H and O–H groups in total. The zero-order valence-electron chi connectivity index (χ0n) is 10.3. The number of amides is 1. The standard InChI is InChI=1S/C12H21NO3/c1-11(2,3)16-10(15)13-7-4-9(14)8-12(13)5-6-12/h9,14H,4-8H2,1-3H3/t9-/m1/s1. The first-order valence-corrected chi connectivity index (χ1v) is 6.01. The number of nitrogens with zero attached hydrogens (tertiary/aromatic N) is 1. The van der Waals surface area contributed by atoms with Gasteiger partial charge in [-0.05, 0) is 46.5 Å².